The molecular formula is C72H48BN3S2. The van der Waals surface area contributed by atoms with Crippen molar-refractivity contribution in [1.82, 2.24) is 0 Å². The van der Waals surface area contributed by atoms with Crippen LogP contribution >= 0.6 is 21.4 Å². The molecule has 0 spiro atoms. The van der Waals surface area contributed by atoms with E-state index in [1.807, 2.05) is 11.3 Å². The van der Waals surface area contributed by atoms with E-state index in [9.17, 15) is 0 Å². The van der Waals surface area contributed by atoms with Crippen molar-refractivity contribution in [3.63, 3.8) is 0 Å². The molecule has 0 aliphatic carbocycles. The number of hydrogen-bond donors (Lipinski definition) is 0. The molecule has 0 saturated heterocycles. The van der Waals surface area contributed by atoms with Crippen molar-refractivity contribution in [2.75, 3.05) is 14.7 Å². The van der Waals surface area contributed by atoms with E-state index in [4.69, 9.17) is 0 Å². The van der Waals surface area contributed by atoms with Crippen molar-refractivity contribution in [2.24, 2.45) is 0 Å². The topological polar surface area (TPSA) is 9.72 Å². The highest BCUT2D eigenvalue weighted by Crippen LogP contribution is 2.80. The summed E-state index contributed by atoms with van der Waals surface area (Å²) in [6, 6.07) is 109. The summed E-state index contributed by atoms with van der Waals surface area (Å²) in [6.07, 6.45) is 0. The predicted octanol–water partition coefficient (Wildman–Crippen LogP) is 18.6. The first kappa shape index (κ1) is 44.9. The average molecular weight is 1030 g/mol. The number of anilines is 9. The highest BCUT2D eigenvalue weighted by Gasteiger charge is 2.47. The van der Waals surface area contributed by atoms with Gasteiger partial charge in [-0.15, -0.1) is 21.4 Å². The van der Waals surface area contributed by atoms with Crippen molar-refractivity contribution >= 4 is 116 Å². The van der Waals surface area contributed by atoms with Gasteiger partial charge in [0.2, 0.25) is 0 Å². The Morgan fingerprint density at radius 1 is 0.282 bits per heavy atom. The highest BCUT2D eigenvalue weighted by molar-refractivity contribution is 8.34. The van der Waals surface area contributed by atoms with Gasteiger partial charge in [-0.25, -0.2) is 0 Å². The van der Waals surface area contributed by atoms with Crippen LogP contribution < -0.4 is 31.1 Å². The van der Waals surface area contributed by atoms with Crippen LogP contribution in [0.4, 0.5) is 51.2 Å². The van der Waals surface area contributed by atoms with Crippen LogP contribution in [0.1, 0.15) is 0 Å². The van der Waals surface area contributed by atoms with Crippen molar-refractivity contribution in [1.29, 1.82) is 0 Å². The van der Waals surface area contributed by atoms with Crippen LogP contribution in [0, 0.1) is 0 Å². The van der Waals surface area contributed by atoms with Crippen molar-refractivity contribution < 1.29 is 0 Å². The van der Waals surface area contributed by atoms with Gasteiger partial charge in [0, 0.05) is 68.5 Å². The van der Waals surface area contributed by atoms with Gasteiger partial charge in [0.15, 0.2) is 0 Å². The minimum Gasteiger partial charge on any atom is -0.311 e. The van der Waals surface area contributed by atoms with Gasteiger partial charge in [-0.3, -0.25) is 0 Å². The van der Waals surface area contributed by atoms with Crippen molar-refractivity contribution in [3.8, 4) is 22.3 Å². The largest absolute Gasteiger partial charge is 0.311 e. The molecule has 3 aliphatic heterocycles. The van der Waals surface area contributed by atoms with Crippen LogP contribution in [0.5, 0.6) is 0 Å². The number of nitrogens with zero attached hydrogens (tertiary/aromatic N) is 3. The standard InChI is InChI=1S/C72H48BN3S2/c1-7-23-49(24-8-1)51-39-41-63-70(43-51)78(56-31-15-5-16-32-56,57-33-17-6-18-34-57)71-44-52(50-25-9-2-10-26-50)40-42-64(71)76(63)55-45-66-72-67(46-55)75(54-29-13-4-14-30-54)65-48-69-59(58-35-19-22-38-68(58)77-69)47-61(65)73(72)60-36-20-21-37-62(60)74(66)53-27-11-3-12-28-53/h1-48H. The van der Waals surface area contributed by atoms with E-state index in [-0.39, 0.29) is 6.71 Å². The molecule has 0 fully saturated rings. The summed E-state index contributed by atoms with van der Waals surface area (Å²) in [5, 5.41) is 2.61. The van der Waals surface area contributed by atoms with E-state index in [0.29, 0.717) is 0 Å². The summed E-state index contributed by atoms with van der Waals surface area (Å²) in [5.41, 5.74) is 19.1. The number of benzene rings is 12. The maximum absolute atomic E-state index is 2.61. The second-order valence-corrected chi connectivity index (χ2v) is 24.5. The van der Waals surface area contributed by atoms with Crippen LogP contribution in [-0.2, 0) is 0 Å². The van der Waals surface area contributed by atoms with Gasteiger partial charge in [0.1, 0.15) is 0 Å². The molecule has 12 aromatic carbocycles. The Morgan fingerprint density at radius 3 is 1.31 bits per heavy atom. The molecule has 3 aliphatic rings. The summed E-state index contributed by atoms with van der Waals surface area (Å²) < 4.78 is 2.59. The molecule has 13 aromatic rings. The van der Waals surface area contributed by atoms with E-state index in [1.54, 1.807) is 0 Å². The molecule has 3 nitrogen and oxygen atoms in total. The molecule has 4 heterocycles. The lowest BCUT2D eigenvalue weighted by atomic mass is 9.33. The summed E-state index contributed by atoms with van der Waals surface area (Å²) in [6.45, 7) is -0.0470. The zero-order valence-corrected chi connectivity index (χ0v) is 44.1. The summed E-state index contributed by atoms with van der Waals surface area (Å²) >= 11 is 1.89. The molecule has 0 N–H and O–H groups in total. The van der Waals surface area contributed by atoms with Gasteiger partial charge >= 0.3 is 0 Å². The van der Waals surface area contributed by atoms with Crippen LogP contribution in [-0.4, -0.2) is 6.71 Å². The van der Waals surface area contributed by atoms with E-state index in [0.717, 1.165) is 28.4 Å². The van der Waals surface area contributed by atoms with Gasteiger partial charge in [0.05, 0.1) is 17.1 Å². The Hall–Kier alpha value is -9.33. The fraction of sp³-hybridized carbons (Fsp3) is 0. The molecule has 0 bridgehead atoms. The molecule has 0 amide bonds. The molecule has 366 valence electrons. The Bertz CT molecular complexity index is 4320. The number of para-hydroxylation sites is 3. The Kier molecular flexibility index (Phi) is 10.3. The number of fused-ring (bicyclic) bond motifs is 9. The van der Waals surface area contributed by atoms with E-state index in [1.165, 1.54) is 101 Å². The molecule has 1 aromatic heterocycles. The molecular weight excluding hydrogens is 982 g/mol. The molecule has 6 heteroatoms. The monoisotopic (exact) mass is 1030 g/mol. The third-order valence-electron chi connectivity index (χ3n) is 16.2. The van der Waals surface area contributed by atoms with E-state index in [2.05, 4.69) is 306 Å². The Morgan fingerprint density at radius 2 is 0.744 bits per heavy atom. The highest BCUT2D eigenvalue weighted by atomic mass is 32.3. The SMILES string of the molecule is c1ccc(-c2ccc3c(c2)S(c2ccccc2)(c2ccccc2)c2cc(-c4ccccc4)ccc2N3c2cc3c4c(c2)N(c2ccccc2)c2cc5sc6ccccc6c5cc2B4c2ccccc2N3c2ccccc2)cc1. The van der Waals surface area contributed by atoms with Gasteiger partial charge < -0.3 is 14.7 Å². The van der Waals surface area contributed by atoms with Crippen LogP contribution in [0.15, 0.2) is 311 Å². The van der Waals surface area contributed by atoms with Gasteiger partial charge in [-0.2, -0.15) is 0 Å². The first-order valence-electron chi connectivity index (χ1n) is 26.8. The van der Waals surface area contributed by atoms with E-state index >= 15 is 0 Å². The molecule has 0 saturated carbocycles. The summed E-state index contributed by atoms with van der Waals surface area (Å²) in [5.74, 6) is 0. The molecule has 16 rings (SSSR count). The maximum atomic E-state index is 2.61. The van der Waals surface area contributed by atoms with Crippen LogP contribution in [0.2, 0.25) is 0 Å². The zero-order valence-electron chi connectivity index (χ0n) is 42.4. The third kappa shape index (κ3) is 6.73. The fourth-order valence-electron chi connectivity index (χ4n) is 12.9. The minimum absolute atomic E-state index is 0.0470. The molecule has 0 unspecified atom stereocenters. The second kappa shape index (κ2) is 17.9. The first-order chi connectivity index (χ1) is 38.7. The zero-order chi connectivity index (χ0) is 51.3. The normalized spacial score (nSPS) is 14.1. The first-order valence-corrected chi connectivity index (χ1v) is 29.2. The smallest absolute Gasteiger partial charge is 0.252 e. The molecule has 78 heavy (non-hydrogen) atoms. The van der Waals surface area contributed by atoms with Gasteiger partial charge in [0.25, 0.3) is 6.71 Å². The minimum atomic E-state index is -2.19. The summed E-state index contributed by atoms with van der Waals surface area (Å²) in [7, 11) is -2.19. The quantitative estimate of drug-likeness (QED) is 0.147. The van der Waals surface area contributed by atoms with Gasteiger partial charge in [-0.1, -0.05) is 188 Å². The second-order valence-electron chi connectivity index (χ2n) is 20.4. The van der Waals surface area contributed by atoms with Crippen LogP contribution in [0.3, 0.4) is 0 Å². The van der Waals surface area contributed by atoms with Crippen molar-refractivity contribution in [3.05, 3.63) is 291 Å². The number of rotatable bonds is 7. The average Bonchev–Trinajstić information content (AvgIpc) is 3.78. The Labute approximate surface area is 460 Å². The van der Waals surface area contributed by atoms with Crippen molar-refractivity contribution in [2.45, 2.75) is 19.6 Å². The number of hydrogen-bond acceptors (Lipinski definition) is 4. The molecule has 0 atom stereocenters. The summed E-state index contributed by atoms with van der Waals surface area (Å²) in [4.78, 5) is 12.9. The predicted molar refractivity (Wildman–Crippen MR) is 332 cm³/mol. The molecule has 0 radical (unpaired) electrons. The van der Waals surface area contributed by atoms with Crippen LogP contribution in [0.25, 0.3) is 42.4 Å². The third-order valence-corrected chi connectivity index (χ3v) is 21.3. The lowest BCUT2D eigenvalue weighted by Crippen LogP contribution is -2.61. The maximum Gasteiger partial charge on any atom is 0.252 e. The fourth-order valence-corrected chi connectivity index (χ4v) is 18.2. The number of thiophene rings is 1. The lowest BCUT2D eigenvalue weighted by molar-refractivity contribution is 1.12. The Balaban J connectivity index is 1.05. The lowest BCUT2D eigenvalue weighted by Gasteiger charge is -2.51. The van der Waals surface area contributed by atoms with E-state index < -0.39 is 10.0 Å². The van der Waals surface area contributed by atoms with Gasteiger partial charge in [-0.05, 0) is 147 Å².